The van der Waals surface area contributed by atoms with E-state index in [1.807, 2.05) is 6.92 Å². The van der Waals surface area contributed by atoms with Crippen molar-refractivity contribution in [3.63, 3.8) is 0 Å². The summed E-state index contributed by atoms with van der Waals surface area (Å²) >= 11 is 5.67. The number of hydrogen-bond acceptors (Lipinski definition) is 1. The molecule has 1 aromatic carbocycles. The van der Waals surface area contributed by atoms with Crippen molar-refractivity contribution >= 4 is 22.5 Å². The van der Waals surface area contributed by atoms with Gasteiger partial charge in [0.05, 0.1) is 10.5 Å². The van der Waals surface area contributed by atoms with Crippen LogP contribution in [0.25, 0.3) is 10.9 Å². The highest BCUT2D eigenvalue weighted by Gasteiger charge is 2.12. The van der Waals surface area contributed by atoms with E-state index in [4.69, 9.17) is 11.6 Å². The number of nitrogens with one attached hydrogen (secondary N) is 1. The van der Waals surface area contributed by atoms with Crippen LogP contribution >= 0.6 is 11.6 Å². The zero-order valence-corrected chi connectivity index (χ0v) is 9.78. The zero-order valence-electron chi connectivity index (χ0n) is 9.03. The van der Waals surface area contributed by atoms with Gasteiger partial charge in [-0.05, 0) is 25.5 Å². The third-order valence-electron chi connectivity index (χ3n) is 2.73. The second kappa shape index (κ2) is 3.91. The van der Waals surface area contributed by atoms with Crippen molar-refractivity contribution in [3.8, 4) is 0 Å². The minimum absolute atomic E-state index is 0.0202. The molecule has 0 aliphatic heterocycles. The largest absolute Gasteiger partial charge is 0.356 e. The maximum Gasteiger partial charge on any atom is 0.192 e. The van der Waals surface area contributed by atoms with Crippen LogP contribution in [0, 0.1) is 12.7 Å². The Kier molecular flexibility index (Phi) is 2.72. The van der Waals surface area contributed by atoms with Gasteiger partial charge in [0.25, 0.3) is 0 Å². The van der Waals surface area contributed by atoms with Crippen molar-refractivity contribution < 1.29 is 4.39 Å². The molecule has 0 amide bonds. The van der Waals surface area contributed by atoms with Gasteiger partial charge in [-0.3, -0.25) is 4.79 Å². The van der Waals surface area contributed by atoms with Crippen molar-refractivity contribution in [2.45, 2.75) is 20.3 Å². The first-order valence-electron chi connectivity index (χ1n) is 5.05. The lowest BCUT2D eigenvalue weighted by Gasteiger charge is -2.07. The summed E-state index contributed by atoms with van der Waals surface area (Å²) in [5.41, 5.74) is 1.45. The van der Waals surface area contributed by atoms with Crippen LogP contribution in [0.1, 0.15) is 18.2 Å². The summed E-state index contributed by atoms with van der Waals surface area (Å²) in [6, 6.07) is 2.96. The first-order chi connectivity index (χ1) is 7.56. The van der Waals surface area contributed by atoms with Crippen LogP contribution in [0.2, 0.25) is 5.02 Å². The molecule has 0 radical (unpaired) electrons. The topological polar surface area (TPSA) is 32.9 Å². The van der Waals surface area contributed by atoms with E-state index < -0.39 is 5.82 Å². The molecule has 0 saturated carbocycles. The Morgan fingerprint density at radius 3 is 2.75 bits per heavy atom. The van der Waals surface area contributed by atoms with Crippen LogP contribution in [-0.4, -0.2) is 4.98 Å². The Bertz CT molecular complexity index is 618. The van der Waals surface area contributed by atoms with Crippen LogP contribution in [0.3, 0.4) is 0 Å². The van der Waals surface area contributed by atoms with Gasteiger partial charge in [0.1, 0.15) is 0 Å². The summed E-state index contributed by atoms with van der Waals surface area (Å²) < 4.78 is 13.7. The van der Waals surface area contributed by atoms with Gasteiger partial charge in [-0.15, -0.1) is 0 Å². The number of hydrogen-bond donors (Lipinski definition) is 1. The lowest BCUT2D eigenvalue weighted by atomic mass is 10.1. The minimum Gasteiger partial charge on any atom is -0.356 e. The van der Waals surface area contributed by atoms with E-state index in [1.165, 1.54) is 6.07 Å². The fraction of sp³-hybridized carbons (Fsp3) is 0.250. The second-order valence-electron chi connectivity index (χ2n) is 3.70. The number of H-pyrrole nitrogens is 1. The van der Waals surface area contributed by atoms with Crippen molar-refractivity contribution in [3.05, 3.63) is 44.5 Å². The van der Waals surface area contributed by atoms with Crippen molar-refractivity contribution in [2.75, 3.05) is 0 Å². The third-order valence-corrected chi connectivity index (χ3v) is 3.02. The first-order valence-corrected chi connectivity index (χ1v) is 5.43. The number of rotatable bonds is 1. The standard InChI is InChI=1S/C12H11ClFNO/c1-3-7-6(2)15-11-8(12(7)16)4-5-9(13)10(11)14/h4-5H,3H2,1-2H3,(H,15,16). The number of aromatic amines is 1. The maximum atomic E-state index is 13.7. The van der Waals surface area contributed by atoms with E-state index in [0.29, 0.717) is 23.1 Å². The van der Waals surface area contributed by atoms with E-state index >= 15 is 0 Å². The van der Waals surface area contributed by atoms with Crippen molar-refractivity contribution in [1.29, 1.82) is 0 Å². The molecule has 4 heteroatoms. The lowest BCUT2D eigenvalue weighted by molar-refractivity contribution is 0.636. The van der Waals surface area contributed by atoms with Gasteiger partial charge in [0, 0.05) is 16.6 Å². The molecule has 1 heterocycles. The summed E-state index contributed by atoms with van der Waals surface area (Å²) in [6.45, 7) is 3.66. The highest BCUT2D eigenvalue weighted by Crippen LogP contribution is 2.22. The number of pyridine rings is 1. The minimum atomic E-state index is -0.568. The average molecular weight is 240 g/mol. The SMILES string of the molecule is CCc1c(C)[nH]c2c(F)c(Cl)ccc2c1=O. The molecule has 0 bridgehead atoms. The molecule has 0 saturated heterocycles. The third kappa shape index (κ3) is 1.52. The molecule has 0 atom stereocenters. The molecule has 1 aromatic heterocycles. The van der Waals surface area contributed by atoms with Gasteiger partial charge < -0.3 is 4.98 Å². The van der Waals surface area contributed by atoms with Crippen LogP contribution in [0.15, 0.2) is 16.9 Å². The number of aromatic nitrogens is 1. The molecule has 0 unspecified atom stereocenters. The average Bonchev–Trinajstić information content (AvgIpc) is 2.25. The Morgan fingerprint density at radius 1 is 1.44 bits per heavy atom. The Morgan fingerprint density at radius 2 is 2.12 bits per heavy atom. The van der Waals surface area contributed by atoms with E-state index in [1.54, 1.807) is 13.0 Å². The molecule has 2 rings (SSSR count). The van der Waals surface area contributed by atoms with E-state index in [0.717, 1.165) is 0 Å². The Balaban J connectivity index is 2.99. The van der Waals surface area contributed by atoms with Crippen LogP contribution in [-0.2, 0) is 6.42 Å². The number of fused-ring (bicyclic) bond motifs is 1. The fourth-order valence-corrected chi connectivity index (χ4v) is 2.04. The molecule has 0 spiro atoms. The summed E-state index contributed by atoms with van der Waals surface area (Å²) in [6.07, 6.45) is 0.626. The quantitative estimate of drug-likeness (QED) is 0.815. The lowest BCUT2D eigenvalue weighted by Crippen LogP contribution is -2.13. The summed E-state index contributed by atoms with van der Waals surface area (Å²) in [4.78, 5) is 14.9. The Labute approximate surface area is 97.1 Å². The molecular weight excluding hydrogens is 229 g/mol. The second-order valence-corrected chi connectivity index (χ2v) is 4.10. The number of aryl methyl sites for hydroxylation is 1. The molecular formula is C12H11ClFNO. The summed E-state index contributed by atoms with van der Waals surface area (Å²) in [5.74, 6) is -0.568. The molecule has 16 heavy (non-hydrogen) atoms. The van der Waals surface area contributed by atoms with Gasteiger partial charge in [-0.25, -0.2) is 4.39 Å². The molecule has 0 fully saturated rings. The van der Waals surface area contributed by atoms with Crippen molar-refractivity contribution in [2.24, 2.45) is 0 Å². The highest BCUT2D eigenvalue weighted by atomic mass is 35.5. The van der Waals surface area contributed by atoms with E-state index in [2.05, 4.69) is 4.98 Å². The molecule has 0 aliphatic carbocycles. The van der Waals surface area contributed by atoms with Gasteiger partial charge in [-0.1, -0.05) is 18.5 Å². The molecule has 1 N–H and O–H groups in total. The predicted molar refractivity (Wildman–Crippen MR) is 63.7 cm³/mol. The maximum absolute atomic E-state index is 13.7. The van der Waals surface area contributed by atoms with E-state index in [9.17, 15) is 9.18 Å². The van der Waals surface area contributed by atoms with Crippen LogP contribution in [0.4, 0.5) is 4.39 Å². The Hall–Kier alpha value is -1.35. The molecule has 2 nitrogen and oxygen atoms in total. The predicted octanol–water partition coefficient (Wildman–Crippen LogP) is 3.19. The van der Waals surface area contributed by atoms with E-state index in [-0.39, 0.29) is 16.0 Å². The van der Waals surface area contributed by atoms with Crippen LogP contribution in [0.5, 0.6) is 0 Å². The molecule has 84 valence electrons. The van der Waals surface area contributed by atoms with Gasteiger partial charge in [0.2, 0.25) is 0 Å². The number of halogens is 2. The summed E-state index contributed by atoms with van der Waals surface area (Å²) in [5, 5.41) is 0.371. The van der Waals surface area contributed by atoms with Gasteiger partial charge in [0.15, 0.2) is 11.2 Å². The number of benzene rings is 1. The highest BCUT2D eigenvalue weighted by molar-refractivity contribution is 6.31. The first kappa shape index (κ1) is 11.1. The van der Waals surface area contributed by atoms with Crippen molar-refractivity contribution in [1.82, 2.24) is 4.98 Å². The van der Waals surface area contributed by atoms with Crippen LogP contribution < -0.4 is 5.43 Å². The van der Waals surface area contributed by atoms with Gasteiger partial charge in [-0.2, -0.15) is 0 Å². The smallest absolute Gasteiger partial charge is 0.192 e. The monoisotopic (exact) mass is 239 g/mol. The summed E-state index contributed by atoms with van der Waals surface area (Å²) in [7, 11) is 0. The fourth-order valence-electron chi connectivity index (χ4n) is 1.88. The van der Waals surface area contributed by atoms with Gasteiger partial charge >= 0.3 is 0 Å². The molecule has 0 aliphatic rings. The zero-order chi connectivity index (χ0) is 11.9. The normalized spacial score (nSPS) is 11.0. The molecule has 2 aromatic rings.